The van der Waals surface area contributed by atoms with E-state index in [1.54, 1.807) is 18.4 Å². The van der Waals surface area contributed by atoms with Gasteiger partial charge in [-0.2, -0.15) is 17.0 Å². The molecule has 2 rings (SSSR count). The van der Waals surface area contributed by atoms with Gasteiger partial charge in [0.25, 0.3) is 10.2 Å². The molecule has 1 fully saturated rings. The predicted octanol–water partition coefficient (Wildman–Crippen LogP) is 1.57. The van der Waals surface area contributed by atoms with Gasteiger partial charge in [-0.1, -0.05) is 12.1 Å². The Labute approximate surface area is 139 Å². The highest BCUT2D eigenvalue weighted by Crippen LogP contribution is 2.27. The zero-order chi connectivity index (χ0) is 17.2. The van der Waals surface area contributed by atoms with Gasteiger partial charge in [-0.15, -0.1) is 0 Å². The van der Waals surface area contributed by atoms with Crippen molar-refractivity contribution in [3.63, 3.8) is 0 Å². The molecule has 0 spiro atoms. The monoisotopic (exact) mass is 341 g/mol. The standard InChI is InChI=1S/C16H27N3O3S/c1-13(2)22-15-8-6-14(7-9-15)16-12-19(11-10-18(16)5)23(20,21)17(3)4/h6-9,13,16H,10-12H2,1-5H3. The second-order valence-corrected chi connectivity index (χ2v) is 8.52. The topological polar surface area (TPSA) is 53.1 Å². The van der Waals surface area contributed by atoms with Crippen LogP contribution in [0.4, 0.5) is 0 Å². The maximum atomic E-state index is 12.4. The maximum Gasteiger partial charge on any atom is 0.281 e. The van der Waals surface area contributed by atoms with Gasteiger partial charge >= 0.3 is 0 Å². The molecule has 1 atom stereocenters. The summed E-state index contributed by atoms with van der Waals surface area (Å²) >= 11 is 0. The van der Waals surface area contributed by atoms with E-state index in [1.165, 1.54) is 4.31 Å². The SMILES string of the molecule is CC(C)Oc1ccc(C2CN(S(=O)(=O)N(C)C)CCN2C)cc1. The highest BCUT2D eigenvalue weighted by molar-refractivity contribution is 7.86. The van der Waals surface area contributed by atoms with Crippen molar-refractivity contribution in [3.05, 3.63) is 29.8 Å². The van der Waals surface area contributed by atoms with Gasteiger partial charge in [0.15, 0.2) is 0 Å². The third-order valence-electron chi connectivity index (χ3n) is 4.04. The molecule has 0 amide bonds. The van der Waals surface area contributed by atoms with Gasteiger partial charge < -0.3 is 4.74 Å². The average Bonchev–Trinajstić information content (AvgIpc) is 2.47. The molecule has 23 heavy (non-hydrogen) atoms. The van der Waals surface area contributed by atoms with Crippen molar-refractivity contribution in [1.82, 2.24) is 13.5 Å². The van der Waals surface area contributed by atoms with Gasteiger partial charge in [0.05, 0.1) is 6.10 Å². The van der Waals surface area contributed by atoms with Crippen LogP contribution in [0.25, 0.3) is 0 Å². The molecule has 6 nitrogen and oxygen atoms in total. The lowest BCUT2D eigenvalue weighted by molar-refractivity contribution is 0.144. The van der Waals surface area contributed by atoms with Crippen LogP contribution in [0.5, 0.6) is 5.75 Å². The summed E-state index contributed by atoms with van der Waals surface area (Å²) in [4.78, 5) is 2.19. The molecular formula is C16H27N3O3S. The van der Waals surface area contributed by atoms with Crippen LogP contribution in [0.1, 0.15) is 25.5 Å². The summed E-state index contributed by atoms with van der Waals surface area (Å²) < 4.78 is 33.2. The van der Waals surface area contributed by atoms with Crippen LogP contribution in [-0.2, 0) is 10.2 Å². The lowest BCUT2D eigenvalue weighted by Gasteiger charge is -2.39. The largest absolute Gasteiger partial charge is 0.491 e. The minimum Gasteiger partial charge on any atom is -0.491 e. The number of benzene rings is 1. The molecule has 0 radical (unpaired) electrons. The van der Waals surface area contributed by atoms with E-state index < -0.39 is 10.2 Å². The van der Waals surface area contributed by atoms with Crippen LogP contribution in [0.2, 0.25) is 0 Å². The Balaban J connectivity index is 2.17. The summed E-state index contributed by atoms with van der Waals surface area (Å²) in [7, 11) is 1.80. The lowest BCUT2D eigenvalue weighted by Crippen LogP contribution is -2.51. The molecule has 1 aliphatic rings. The Kier molecular flexibility index (Phi) is 5.67. The summed E-state index contributed by atoms with van der Waals surface area (Å²) in [6, 6.07) is 7.98. The molecule has 130 valence electrons. The number of piperazine rings is 1. The van der Waals surface area contributed by atoms with E-state index >= 15 is 0 Å². The molecule has 1 unspecified atom stereocenters. The summed E-state index contributed by atoms with van der Waals surface area (Å²) in [5.74, 6) is 0.833. The van der Waals surface area contributed by atoms with E-state index in [1.807, 2.05) is 45.2 Å². The molecule has 0 aromatic heterocycles. The summed E-state index contributed by atoms with van der Waals surface area (Å²) in [5.41, 5.74) is 1.10. The molecule has 1 aliphatic heterocycles. The predicted molar refractivity (Wildman–Crippen MR) is 91.8 cm³/mol. The Morgan fingerprint density at radius 1 is 1.17 bits per heavy atom. The number of hydrogen-bond donors (Lipinski definition) is 0. The average molecular weight is 341 g/mol. The third kappa shape index (κ3) is 4.23. The number of ether oxygens (including phenoxy) is 1. The normalized spacial score (nSPS) is 21.1. The molecule has 0 aliphatic carbocycles. The summed E-state index contributed by atoms with van der Waals surface area (Å²) in [5, 5.41) is 0. The first-order valence-corrected chi connectivity index (χ1v) is 9.26. The molecule has 0 N–H and O–H groups in total. The molecule has 1 aromatic rings. The Morgan fingerprint density at radius 2 is 1.78 bits per heavy atom. The molecule has 7 heteroatoms. The van der Waals surface area contributed by atoms with Gasteiger partial charge in [0.1, 0.15) is 5.75 Å². The molecule has 1 heterocycles. The van der Waals surface area contributed by atoms with E-state index in [0.29, 0.717) is 19.6 Å². The molecular weight excluding hydrogens is 314 g/mol. The van der Waals surface area contributed by atoms with Gasteiger partial charge in [0, 0.05) is 39.8 Å². The van der Waals surface area contributed by atoms with Crippen molar-refractivity contribution in [1.29, 1.82) is 0 Å². The Hall–Kier alpha value is -1.15. The Morgan fingerprint density at radius 3 is 2.30 bits per heavy atom. The smallest absolute Gasteiger partial charge is 0.281 e. The van der Waals surface area contributed by atoms with Crippen molar-refractivity contribution in [2.24, 2.45) is 0 Å². The number of rotatable bonds is 5. The highest BCUT2D eigenvalue weighted by Gasteiger charge is 2.33. The minimum atomic E-state index is -3.37. The van der Waals surface area contributed by atoms with E-state index in [9.17, 15) is 8.42 Å². The van der Waals surface area contributed by atoms with E-state index in [0.717, 1.165) is 11.3 Å². The van der Waals surface area contributed by atoms with Crippen molar-refractivity contribution in [3.8, 4) is 5.75 Å². The second-order valence-electron chi connectivity index (χ2n) is 6.38. The number of hydrogen-bond acceptors (Lipinski definition) is 4. The fourth-order valence-electron chi connectivity index (χ4n) is 2.69. The second kappa shape index (κ2) is 7.17. The zero-order valence-electron chi connectivity index (χ0n) is 14.6. The fourth-order valence-corrected chi connectivity index (χ4v) is 3.79. The quantitative estimate of drug-likeness (QED) is 0.816. The van der Waals surface area contributed by atoms with Crippen molar-refractivity contribution in [2.75, 3.05) is 40.8 Å². The number of likely N-dealkylation sites (N-methyl/N-ethyl adjacent to an activating group) is 1. The van der Waals surface area contributed by atoms with Gasteiger partial charge in [-0.05, 0) is 38.6 Å². The van der Waals surface area contributed by atoms with E-state index in [-0.39, 0.29) is 12.1 Å². The van der Waals surface area contributed by atoms with Crippen LogP contribution >= 0.6 is 0 Å². The maximum absolute atomic E-state index is 12.4. The van der Waals surface area contributed by atoms with Gasteiger partial charge in [-0.3, -0.25) is 4.90 Å². The van der Waals surface area contributed by atoms with Gasteiger partial charge in [0.2, 0.25) is 0 Å². The van der Waals surface area contributed by atoms with Crippen molar-refractivity contribution in [2.45, 2.75) is 26.0 Å². The van der Waals surface area contributed by atoms with Crippen LogP contribution in [-0.4, -0.2) is 68.8 Å². The third-order valence-corrected chi connectivity index (χ3v) is 5.94. The zero-order valence-corrected chi connectivity index (χ0v) is 15.4. The van der Waals surface area contributed by atoms with Crippen molar-refractivity contribution >= 4 is 10.2 Å². The lowest BCUT2D eigenvalue weighted by atomic mass is 10.0. The first kappa shape index (κ1) is 18.2. The van der Waals surface area contributed by atoms with E-state index in [2.05, 4.69) is 4.90 Å². The summed E-state index contributed by atoms with van der Waals surface area (Å²) in [6.45, 7) is 5.67. The molecule has 1 saturated heterocycles. The number of nitrogens with zero attached hydrogens (tertiary/aromatic N) is 3. The van der Waals surface area contributed by atoms with Crippen LogP contribution in [0.15, 0.2) is 24.3 Å². The van der Waals surface area contributed by atoms with E-state index in [4.69, 9.17) is 4.74 Å². The molecule has 1 aromatic carbocycles. The molecule has 0 bridgehead atoms. The minimum absolute atomic E-state index is 0.0478. The van der Waals surface area contributed by atoms with Crippen LogP contribution < -0.4 is 4.74 Å². The van der Waals surface area contributed by atoms with Crippen molar-refractivity contribution < 1.29 is 13.2 Å². The first-order valence-electron chi connectivity index (χ1n) is 7.86. The summed E-state index contributed by atoms with van der Waals surface area (Å²) in [6.07, 6.45) is 0.138. The van der Waals surface area contributed by atoms with Gasteiger partial charge in [-0.25, -0.2) is 0 Å². The Bertz CT molecular complexity index is 614. The van der Waals surface area contributed by atoms with Crippen LogP contribution in [0, 0.1) is 0 Å². The van der Waals surface area contributed by atoms with Crippen LogP contribution in [0.3, 0.4) is 0 Å². The highest BCUT2D eigenvalue weighted by atomic mass is 32.2. The first-order chi connectivity index (χ1) is 10.7. The molecule has 0 saturated carbocycles. The fraction of sp³-hybridized carbons (Fsp3) is 0.625.